The Kier molecular flexibility index (Phi) is 3.95. The zero-order chi connectivity index (χ0) is 13.8. The van der Waals surface area contributed by atoms with E-state index in [1.54, 1.807) is 12.1 Å². The Balaban J connectivity index is 2.46. The maximum absolute atomic E-state index is 11.8. The van der Waals surface area contributed by atoms with Crippen molar-refractivity contribution in [3.63, 3.8) is 0 Å². The van der Waals surface area contributed by atoms with Gasteiger partial charge in [-0.3, -0.25) is 0 Å². The number of pyridine rings is 1. The highest BCUT2D eigenvalue weighted by Gasteiger charge is 2.11. The molecule has 0 fully saturated rings. The van der Waals surface area contributed by atoms with Gasteiger partial charge in [-0.15, -0.1) is 0 Å². The Morgan fingerprint density at radius 1 is 1.42 bits per heavy atom. The minimum absolute atomic E-state index is 0.361. The first-order valence-electron chi connectivity index (χ1n) is 6.36. The molecule has 0 saturated carbocycles. The van der Waals surface area contributed by atoms with E-state index in [9.17, 15) is 4.79 Å². The first-order chi connectivity index (χ1) is 9.15. The molecule has 0 saturated heterocycles. The summed E-state index contributed by atoms with van der Waals surface area (Å²) in [4.78, 5) is 16.2. The smallest absolute Gasteiger partial charge is 0.356 e. The van der Waals surface area contributed by atoms with Crippen molar-refractivity contribution in [1.29, 1.82) is 0 Å². The molecule has 0 radical (unpaired) electrons. The largest absolute Gasteiger partial charge is 0.461 e. The number of hydrogen-bond donors (Lipinski definition) is 0. The summed E-state index contributed by atoms with van der Waals surface area (Å²) in [5, 5.41) is 2.02. The first kappa shape index (κ1) is 13.3. The molecule has 2 rings (SSSR count). The molecule has 1 aromatic heterocycles. The average Bonchev–Trinajstić information content (AvgIpc) is 2.43. The molecule has 0 bridgehead atoms. The number of aromatic nitrogens is 1. The Bertz CT molecular complexity index is 632. The predicted molar refractivity (Wildman–Crippen MR) is 77.1 cm³/mol. The summed E-state index contributed by atoms with van der Waals surface area (Å²) in [7, 11) is 0. The molecule has 3 nitrogen and oxygen atoms in total. The Morgan fingerprint density at radius 3 is 2.89 bits per heavy atom. The van der Waals surface area contributed by atoms with Crippen molar-refractivity contribution in [3.05, 3.63) is 47.8 Å². The molecule has 19 heavy (non-hydrogen) atoms. The van der Waals surface area contributed by atoms with Crippen LogP contribution in [0.15, 0.2) is 30.8 Å². The third-order valence-corrected chi connectivity index (χ3v) is 2.93. The van der Waals surface area contributed by atoms with Crippen LogP contribution in [-0.2, 0) is 4.74 Å². The molecule has 0 aliphatic carbocycles. The lowest BCUT2D eigenvalue weighted by atomic mass is 10.1. The fourth-order valence-corrected chi connectivity index (χ4v) is 1.95. The highest BCUT2D eigenvalue weighted by molar-refractivity contribution is 5.94. The first-order valence-corrected chi connectivity index (χ1v) is 6.36. The third kappa shape index (κ3) is 2.81. The van der Waals surface area contributed by atoms with E-state index in [-0.39, 0.29) is 5.97 Å². The molecule has 1 aromatic carbocycles. The van der Waals surface area contributed by atoms with Crippen LogP contribution in [0.25, 0.3) is 16.8 Å². The van der Waals surface area contributed by atoms with Gasteiger partial charge in [0.05, 0.1) is 6.61 Å². The van der Waals surface area contributed by atoms with E-state index >= 15 is 0 Å². The number of benzene rings is 1. The van der Waals surface area contributed by atoms with Gasteiger partial charge in [-0.2, -0.15) is 0 Å². The van der Waals surface area contributed by atoms with Crippen LogP contribution >= 0.6 is 0 Å². The third-order valence-electron chi connectivity index (χ3n) is 2.93. The number of carbonyl (C=O) groups excluding carboxylic acids is 1. The van der Waals surface area contributed by atoms with E-state index in [2.05, 4.69) is 11.6 Å². The van der Waals surface area contributed by atoms with Gasteiger partial charge in [0.15, 0.2) is 0 Å². The number of carbonyl (C=O) groups is 1. The molecule has 1 heterocycles. The van der Waals surface area contributed by atoms with Gasteiger partial charge in [0.25, 0.3) is 0 Å². The summed E-state index contributed by atoms with van der Waals surface area (Å²) in [6.07, 6.45) is 2.59. The van der Waals surface area contributed by atoms with E-state index in [0.717, 1.165) is 28.5 Å². The van der Waals surface area contributed by atoms with Crippen molar-refractivity contribution in [2.45, 2.75) is 20.3 Å². The van der Waals surface area contributed by atoms with Gasteiger partial charge in [0.2, 0.25) is 0 Å². The highest BCUT2D eigenvalue weighted by Crippen LogP contribution is 2.20. The number of nitrogens with zero attached hydrogens (tertiary/aromatic N) is 1. The normalized spacial score (nSPS) is 10.4. The van der Waals surface area contributed by atoms with Crippen molar-refractivity contribution in [3.8, 4) is 0 Å². The van der Waals surface area contributed by atoms with Crippen LogP contribution in [0.1, 0.15) is 35.1 Å². The molecular weight excluding hydrogens is 238 g/mol. The summed E-state index contributed by atoms with van der Waals surface area (Å²) < 4.78 is 5.12. The molecule has 0 aliphatic heterocycles. The van der Waals surface area contributed by atoms with E-state index in [1.165, 1.54) is 0 Å². The number of fused-ring (bicyclic) bond motifs is 1. The van der Waals surface area contributed by atoms with E-state index in [1.807, 2.05) is 32.0 Å². The topological polar surface area (TPSA) is 39.2 Å². The van der Waals surface area contributed by atoms with Crippen LogP contribution < -0.4 is 0 Å². The quantitative estimate of drug-likeness (QED) is 0.781. The fourth-order valence-electron chi connectivity index (χ4n) is 1.95. The molecule has 0 N–H and O–H groups in total. The van der Waals surface area contributed by atoms with Gasteiger partial charge < -0.3 is 4.74 Å². The van der Waals surface area contributed by atoms with Crippen molar-refractivity contribution in [1.82, 2.24) is 4.98 Å². The standard InChI is InChI=1S/C16H17NO2/c1-4-8-19-16(18)15-10-13-9-12(5-2)6-7-14(13)11(3)17-15/h5-7,9-10H,2,4,8H2,1,3H3. The second kappa shape index (κ2) is 5.65. The lowest BCUT2D eigenvalue weighted by Crippen LogP contribution is -2.09. The van der Waals surface area contributed by atoms with Crippen LogP contribution in [0.4, 0.5) is 0 Å². The lowest BCUT2D eigenvalue weighted by molar-refractivity contribution is 0.0498. The summed E-state index contributed by atoms with van der Waals surface area (Å²) in [5.74, 6) is -0.365. The lowest BCUT2D eigenvalue weighted by Gasteiger charge is -2.07. The fraction of sp³-hybridized carbons (Fsp3) is 0.250. The van der Waals surface area contributed by atoms with Crippen LogP contribution in [0.3, 0.4) is 0 Å². The second-order valence-corrected chi connectivity index (χ2v) is 4.41. The highest BCUT2D eigenvalue weighted by atomic mass is 16.5. The molecule has 0 unspecified atom stereocenters. The maximum Gasteiger partial charge on any atom is 0.356 e. The van der Waals surface area contributed by atoms with Gasteiger partial charge >= 0.3 is 5.97 Å². The Labute approximate surface area is 112 Å². The molecule has 0 amide bonds. The SMILES string of the molecule is C=Cc1ccc2c(C)nc(C(=O)OCCC)cc2c1. The van der Waals surface area contributed by atoms with Gasteiger partial charge in [-0.1, -0.05) is 31.7 Å². The molecule has 0 spiro atoms. The summed E-state index contributed by atoms with van der Waals surface area (Å²) in [6, 6.07) is 7.75. The number of esters is 1. The minimum Gasteiger partial charge on any atom is -0.461 e. The Hall–Kier alpha value is -2.16. The molecule has 0 aliphatic rings. The molecule has 2 aromatic rings. The Morgan fingerprint density at radius 2 is 2.21 bits per heavy atom. The number of hydrogen-bond acceptors (Lipinski definition) is 3. The molecule has 98 valence electrons. The van der Waals surface area contributed by atoms with Gasteiger partial charge in [0, 0.05) is 11.1 Å². The monoisotopic (exact) mass is 255 g/mol. The van der Waals surface area contributed by atoms with Crippen LogP contribution in [0.2, 0.25) is 0 Å². The molecule has 0 atom stereocenters. The second-order valence-electron chi connectivity index (χ2n) is 4.41. The van der Waals surface area contributed by atoms with Gasteiger partial charge in [-0.05, 0) is 36.4 Å². The van der Waals surface area contributed by atoms with Crippen LogP contribution in [-0.4, -0.2) is 17.6 Å². The van der Waals surface area contributed by atoms with Crippen molar-refractivity contribution < 1.29 is 9.53 Å². The van der Waals surface area contributed by atoms with Crippen LogP contribution in [0, 0.1) is 6.92 Å². The summed E-state index contributed by atoms with van der Waals surface area (Å²) in [5.41, 5.74) is 2.21. The molecule has 3 heteroatoms. The van der Waals surface area contributed by atoms with Crippen molar-refractivity contribution >= 4 is 22.8 Å². The van der Waals surface area contributed by atoms with E-state index in [4.69, 9.17) is 4.74 Å². The van der Waals surface area contributed by atoms with Crippen molar-refractivity contribution in [2.75, 3.05) is 6.61 Å². The van der Waals surface area contributed by atoms with Crippen molar-refractivity contribution in [2.24, 2.45) is 0 Å². The van der Waals surface area contributed by atoms with Gasteiger partial charge in [0.1, 0.15) is 5.69 Å². The predicted octanol–water partition coefficient (Wildman–Crippen LogP) is 3.75. The number of rotatable bonds is 4. The summed E-state index contributed by atoms with van der Waals surface area (Å²) >= 11 is 0. The van der Waals surface area contributed by atoms with Crippen LogP contribution in [0.5, 0.6) is 0 Å². The summed E-state index contributed by atoms with van der Waals surface area (Å²) in [6.45, 7) is 8.03. The molecular formula is C16H17NO2. The van der Waals surface area contributed by atoms with Gasteiger partial charge in [-0.25, -0.2) is 9.78 Å². The zero-order valence-corrected chi connectivity index (χ0v) is 11.3. The average molecular weight is 255 g/mol. The maximum atomic E-state index is 11.8. The number of ether oxygens (including phenoxy) is 1. The number of aryl methyl sites for hydroxylation is 1. The minimum atomic E-state index is -0.365. The zero-order valence-electron chi connectivity index (χ0n) is 11.3. The van der Waals surface area contributed by atoms with E-state index < -0.39 is 0 Å². The van der Waals surface area contributed by atoms with E-state index in [0.29, 0.717) is 12.3 Å².